The molecule has 0 saturated carbocycles. The molecular formula is C12H24F3N3. The van der Waals surface area contributed by atoms with E-state index in [9.17, 15) is 13.2 Å². The van der Waals surface area contributed by atoms with E-state index < -0.39 is 12.7 Å². The van der Waals surface area contributed by atoms with Crippen LogP contribution in [0.3, 0.4) is 0 Å². The van der Waals surface area contributed by atoms with Crippen LogP contribution in [0.2, 0.25) is 0 Å². The minimum atomic E-state index is -4.10. The summed E-state index contributed by atoms with van der Waals surface area (Å²) in [5.41, 5.74) is 0. The first-order valence-corrected chi connectivity index (χ1v) is 6.51. The Labute approximate surface area is 107 Å². The third-order valence-electron chi connectivity index (χ3n) is 3.26. The van der Waals surface area contributed by atoms with Crippen LogP contribution in [0.1, 0.15) is 12.8 Å². The van der Waals surface area contributed by atoms with Gasteiger partial charge in [0.15, 0.2) is 0 Å². The fraction of sp³-hybridized carbons (Fsp3) is 1.00. The zero-order chi connectivity index (χ0) is 13.6. The van der Waals surface area contributed by atoms with E-state index in [0.717, 1.165) is 38.4 Å². The van der Waals surface area contributed by atoms with E-state index in [0.29, 0.717) is 13.1 Å². The summed E-state index contributed by atoms with van der Waals surface area (Å²) >= 11 is 0. The molecule has 0 aromatic carbocycles. The highest BCUT2D eigenvalue weighted by molar-refractivity contribution is 4.74. The topological polar surface area (TPSA) is 18.5 Å². The SMILES string of the molecule is CN(C)CC1CCN(CCNCC(F)(F)F)CC1. The molecule has 0 bridgehead atoms. The van der Waals surface area contributed by atoms with Crippen LogP contribution in [0.4, 0.5) is 13.2 Å². The van der Waals surface area contributed by atoms with Gasteiger partial charge >= 0.3 is 6.18 Å². The fourth-order valence-corrected chi connectivity index (χ4v) is 2.38. The summed E-state index contributed by atoms with van der Waals surface area (Å²) in [4.78, 5) is 4.45. The highest BCUT2D eigenvalue weighted by Gasteiger charge is 2.26. The number of hydrogen-bond acceptors (Lipinski definition) is 3. The average molecular weight is 267 g/mol. The van der Waals surface area contributed by atoms with Crippen molar-refractivity contribution in [3.63, 3.8) is 0 Å². The molecular weight excluding hydrogens is 243 g/mol. The van der Waals surface area contributed by atoms with Crippen molar-refractivity contribution in [2.45, 2.75) is 19.0 Å². The highest BCUT2D eigenvalue weighted by Crippen LogP contribution is 2.17. The average Bonchev–Trinajstić information content (AvgIpc) is 2.24. The van der Waals surface area contributed by atoms with Crippen molar-refractivity contribution in [3.8, 4) is 0 Å². The lowest BCUT2D eigenvalue weighted by atomic mass is 9.96. The number of alkyl halides is 3. The Morgan fingerprint density at radius 1 is 1.22 bits per heavy atom. The molecule has 0 aromatic rings. The third-order valence-corrected chi connectivity index (χ3v) is 3.26. The molecule has 6 heteroatoms. The number of halogens is 3. The molecule has 0 amide bonds. The van der Waals surface area contributed by atoms with Gasteiger partial charge in [-0.1, -0.05) is 0 Å². The van der Waals surface area contributed by atoms with Gasteiger partial charge in [-0.3, -0.25) is 0 Å². The minimum Gasteiger partial charge on any atom is -0.309 e. The number of rotatable bonds is 6. The van der Waals surface area contributed by atoms with Crippen LogP contribution in [-0.4, -0.2) is 69.3 Å². The van der Waals surface area contributed by atoms with Crippen molar-refractivity contribution in [1.29, 1.82) is 0 Å². The van der Waals surface area contributed by atoms with E-state index in [-0.39, 0.29) is 0 Å². The Hall–Kier alpha value is -0.330. The summed E-state index contributed by atoms with van der Waals surface area (Å²) < 4.78 is 35.7. The van der Waals surface area contributed by atoms with Crippen molar-refractivity contribution in [3.05, 3.63) is 0 Å². The number of hydrogen-bond donors (Lipinski definition) is 1. The first-order chi connectivity index (χ1) is 8.37. The summed E-state index contributed by atoms with van der Waals surface area (Å²) in [6.45, 7) is 3.37. The Kier molecular flexibility index (Phi) is 6.38. The molecule has 1 N–H and O–H groups in total. The molecule has 0 aliphatic carbocycles. The molecule has 0 unspecified atom stereocenters. The van der Waals surface area contributed by atoms with Gasteiger partial charge in [0.25, 0.3) is 0 Å². The summed E-state index contributed by atoms with van der Waals surface area (Å²) in [6, 6.07) is 0. The lowest BCUT2D eigenvalue weighted by Gasteiger charge is -2.33. The van der Waals surface area contributed by atoms with E-state index in [2.05, 4.69) is 29.2 Å². The molecule has 1 heterocycles. The van der Waals surface area contributed by atoms with Crippen molar-refractivity contribution < 1.29 is 13.2 Å². The van der Waals surface area contributed by atoms with E-state index in [4.69, 9.17) is 0 Å². The molecule has 18 heavy (non-hydrogen) atoms. The Morgan fingerprint density at radius 2 is 1.83 bits per heavy atom. The summed E-state index contributed by atoms with van der Waals surface area (Å²) in [7, 11) is 4.15. The van der Waals surface area contributed by atoms with E-state index in [1.165, 1.54) is 0 Å². The van der Waals surface area contributed by atoms with Crippen LogP contribution < -0.4 is 5.32 Å². The minimum absolute atomic E-state index is 0.415. The van der Waals surface area contributed by atoms with Crippen molar-refractivity contribution in [2.75, 3.05) is 53.4 Å². The number of piperidine rings is 1. The Bertz CT molecular complexity index is 223. The molecule has 1 saturated heterocycles. The van der Waals surface area contributed by atoms with Crippen LogP contribution in [0.5, 0.6) is 0 Å². The largest absolute Gasteiger partial charge is 0.401 e. The van der Waals surface area contributed by atoms with Gasteiger partial charge in [-0.05, 0) is 45.9 Å². The van der Waals surface area contributed by atoms with Gasteiger partial charge in [0, 0.05) is 19.6 Å². The molecule has 3 nitrogen and oxygen atoms in total. The summed E-state index contributed by atoms with van der Waals surface area (Å²) in [6.07, 6.45) is -1.80. The lowest BCUT2D eigenvalue weighted by molar-refractivity contribution is -0.124. The van der Waals surface area contributed by atoms with Gasteiger partial charge in [-0.2, -0.15) is 13.2 Å². The number of nitrogens with zero attached hydrogens (tertiary/aromatic N) is 2. The van der Waals surface area contributed by atoms with Gasteiger partial charge in [0.05, 0.1) is 6.54 Å². The van der Waals surface area contributed by atoms with Gasteiger partial charge in [-0.15, -0.1) is 0 Å². The van der Waals surface area contributed by atoms with E-state index in [1.807, 2.05) is 0 Å². The Morgan fingerprint density at radius 3 is 2.33 bits per heavy atom. The third kappa shape index (κ3) is 7.18. The summed E-state index contributed by atoms with van der Waals surface area (Å²) in [5.74, 6) is 0.736. The predicted molar refractivity (Wildman–Crippen MR) is 66.6 cm³/mol. The maximum absolute atomic E-state index is 11.9. The molecule has 0 spiro atoms. The zero-order valence-electron chi connectivity index (χ0n) is 11.3. The number of likely N-dealkylation sites (tertiary alicyclic amines) is 1. The van der Waals surface area contributed by atoms with E-state index >= 15 is 0 Å². The zero-order valence-corrected chi connectivity index (χ0v) is 11.3. The quantitative estimate of drug-likeness (QED) is 0.734. The molecule has 0 atom stereocenters. The molecule has 0 radical (unpaired) electrons. The first kappa shape index (κ1) is 15.7. The van der Waals surface area contributed by atoms with Crippen LogP contribution in [0, 0.1) is 5.92 Å². The molecule has 1 aliphatic rings. The number of nitrogens with one attached hydrogen (secondary N) is 1. The van der Waals surface area contributed by atoms with Crippen molar-refractivity contribution in [1.82, 2.24) is 15.1 Å². The monoisotopic (exact) mass is 267 g/mol. The van der Waals surface area contributed by atoms with Crippen LogP contribution in [0.15, 0.2) is 0 Å². The van der Waals surface area contributed by atoms with Crippen molar-refractivity contribution >= 4 is 0 Å². The molecule has 1 rings (SSSR count). The molecule has 1 fully saturated rings. The maximum Gasteiger partial charge on any atom is 0.401 e. The Balaban J connectivity index is 2.05. The molecule has 1 aliphatic heterocycles. The lowest BCUT2D eigenvalue weighted by Crippen LogP contribution is -2.41. The molecule has 108 valence electrons. The second kappa shape index (κ2) is 7.31. The smallest absolute Gasteiger partial charge is 0.309 e. The maximum atomic E-state index is 11.9. The predicted octanol–water partition coefficient (Wildman–Crippen LogP) is 1.41. The van der Waals surface area contributed by atoms with Gasteiger partial charge in [-0.25, -0.2) is 0 Å². The van der Waals surface area contributed by atoms with Crippen LogP contribution >= 0.6 is 0 Å². The van der Waals surface area contributed by atoms with Crippen LogP contribution in [-0.2, 0) is 0 Å². The molecule has 0 aromatic heterocycles. The fourth-order valence-electron chi connectivity index (χ4n) is 2.38. The van der Waals surface area contributed by atoms with Gasteiger partial charge in [0.2, 0.25) is 0 Å². The normalized spacial score (nSPS) is 19.7. The second-order valence-electron chi connectivity index (χ2n) is 5.34. The highest BCUT2D eigenvalue weighted by atomic mass is 19.4. The van der Waals surface area contributed by atoms with E-state index in [1.54, 1.807) is 0 Å². The first-order valence-electron chi connectivity index (χ1n) is 6.51. The van der Waals surface area contributed by atoms with Crippen LogP contribution in [0.25, 0.3) is 0 Å². The van der Waals surface area contributed by atoms with Gasteiger partial charge in [0.1, 0.15) is 0 Å². The van der Waals surface area contributed by atoms with Gasteiger partial charge < -0.3 is 15.1 Å². The summed E-state index contributed by atoms with van der Waals surface area (Å²) in [5, 5.41) is 2.44. The standard InChI is InChI=1S/C12H24F3N3/c1-17(2)9-11-3-6-18(7-4-11)8-5-16-10-12(13,14)15/h11,16H,3-10H2,1-2H3. The second-order valence-corrected chi connectivity index (χ2v) is 5.34. The van der Waals surface area contributed by atoms with Crippen molar-refractivity contribution in [2.24, 2.45) is 5.92 Å².